The molecule has 0 saturated heterocycles. The second-order valence-electron chi connectivity index (χ2n) is 4.39. The topological polar surface area (TPSA) is 41.0 Å². The van der Waals surface area contributed by atoms with Crippen LogP contribution in [0.2, 0.25) is 5.15 Å². The standard InChI is InChI=1S/C13H23ClN4/c1-5-8-18(6-2)9-7-15-13-12(14)16-10(3)11(4)17-13/h5-9H2,1-4H3,(H,15,17). The van der Waals surface area contributed by atoms with E-state index in [0.717, 1.165) is 37.6 Å². The molecule has 1 rings (SSSR count). The number of hydrogen-bond donors (Lipinski definition) is 1. The number of aryl methyl sites for hydroxylation is 2. The summed E-state index contributed by atoms with van der Waals surface area (Å²) in [7, 11) is 0. The van der Waals surface area contributed by atoms with E-state index in [1.54, 1.807) is 0 Å². The summed E-state index contributed by atoms with van der Waals surface area (Å²) < 4.78 is 0. The summed E-state index contributed by atoms with van der Waals surface area (Å²) >= 11 is 6.06. The van der Waals surface area contributed by atoms with Gasteiger partial charge in [0.15, 0.2) is 11.0 Å². The van der Waals surface area contributed by atoms with Crippen LogP contribution in [0.5, 0.6) is 0 Å². The molecule has 0 aliphatic carbocycles. The number of anilines is 1. The lowest BCUT2D eigenvalue weighted by atomic mass is 10.3. The van der Waals surface area contributed by atoms with Crippen LogP contribution in [0, 0.1) is 13.8 Å². The smallest absolute Gasteiger partial charge is 0.171 e. The van der Waals surface area contributed by atoms with E-state index in [2.05, 4.69) is 34.0 Å². The third-order valence-electron chi connectivity index (χ3n) is 2.97. The largest absolute Gasteiger partial charge is 0.366 e. The molecule has 0 unspecified atom stereocenters. The van der Waals surface area contributed by atoms with Crippen LogP contribution in [0.4, 0.5) is 5.82 Å². The normalized spacial score (nSPS) is 11.0. The molecule has 0 saturated carbocycles. The van der Waals surface area contributed by atoms with Crippen molar-refractivity contribution >= 4 is 17.4 Å². The summed E-state index contributed by atoms with van der Waals surface area (Å²) in [6.07, 6.45) is 1.18. The fourth-order valence-electron chi connectivity index (χ4n) is 1.76. The lowest BCUT2D eigenvalue weighted by Gasteiger charge is -2.19. The second-order valence-corrected chi connectivity index (χ2v) is 4.75. The number of likely N-dealkylation sites (N-methyl/N-ethyl adjacent to an activating group) is 1. The maximum Gasteiger partial charge on any atom is 0.171 e. The molecule has 1 N–H and O–H groups in total. The van der Waals surface area contributed by atoms with E-state index in [-0.39, 0.29) is 0 Å². The molecule has 102 valence electrons. The minimum absolute atomic E-state index is 0.455. The molecule has 1 heterocycles. The van der Waals surface area contributed by atoms with Crippen molar-refractivity contribution < 1.29 is 0 Å². The monoisotopic (exact) mass is 270 g/mol. The average molecular weight is 271 g/mol. The highest BCUT2D eigenvalue weighted by atomic mass is 35.5. The first-order valence-corrected chi connectivity index (χ1v) is 6.93. The molecule has 0 atom stereocenters. The predicted octanol–water partition coefficient (Wildman–Crippen LogP) is 2.89. The number of hydrogen-bond acceptors (Lipinski definition) is 4. The highest BCUT2D eigenvalue weighted by Gasteiger charge is 2.07. The Morgan fingerprint density at radius 3 is 2.39 bits per heavy atom. The van der Waals surface area contributed by atoms with Gasteiger partial charge >= 0.3 is 0 Å². The number of aromatic nitrogens is 2. The van der Waals surface area contributed by atoms with Crippen molar-refractivity contribution in [1.29, 1.82) is 0 Å². The van der Waals surface area contributed by atoms with E-state index < -0.39 is 0 Å². The minimum Gasteiger partial charge on any atom is -0.366 e. The zero-order valence-electron chi connectivity index (χ0n) is 11.8. The van der Waals surface area contributed by atoms with Gasteiger partial charge in [0.2, 0.25) is 0 Å². The van der Waals surface area contributed by atoms with Crippen LogP contribution in [0.25, 0.3) is 0 Å². The minimum atomic E-state index is 0.455. The highest BCUT2D eigenvalue weighted by molar-refractivity contribution is 6.31. The van der Waals surface area contributed by atoms with Gasteiger partial charge in [-0.25, -0.2) is 9.97 Å². The zero-order valence-corrected chi connectivity index (χ0v) is 12.5. The Labute approximate surface area is 115 Å². The molecule has 5 heteroatoms. The molecule has 0 fully saturated rings. The molecule has 0 radical (unpaired) electrons. The molecule has 0 aliphatic heterocycles. The lowest BCUT2D eigenvalue weighted by Crippen LogP contribution is -2.29. The average Bonchev–Trinajstić information content (AvgIpc) is 2.34. The lowest BCUT2D eigenvalue weighted by molar-refractivity contribution is 0.300. The zero-order chi connectivity index (χ0) is 13.5. The Bertz CT molecular complexity index is 381. The first-order chi connectivity index (χ1) is 8.58. The summed E-state index contributed by atoms with van der Waals surface area (Å²) in [4.78, 5) is 11.1. The fourth-order valence-corrected chi connectivity index (χ4v) is 2.00. The van der Waals surface area contributed by atoms with Gasteiger partial charge in [-0.05, 0) is 33.4 Å². The van der Waals surface area contributed by atoms with Crippen molar-refractivity contribution in [1.82, 2.24) is 14.9 Å². The summed E-state index contributed by atoms with van der Waals surface area (Å²) in [5.41, 5.74) is 1.80. The van der Waals surface area contributed by atoms with Gasteiger partial charge in [0, 0.05) is 13.1 Å². The van der Waals surface area contributed by atoms with Gasteiger partial charge in [-0.15, -0.1) is 0 Å². The number of rotatable bonds is 7. The first-order valence-electron chi connectivity index (χ1n) is 6.55. The third-order valence-corrected chi connectivity index (χ3v) is 3.24. The van der Waals surface area contributed by atoms with E-state index in [1.165, 1.54) is 6.42 Å². The van der Waals surface area contributed by atoms with E-state index in [1.807, 2.05) is 13.8 Å². The van der Waals surface area contributed by atoms with Gasteiger partial charge < -0.3 is 10.2 Å². The van der Waals surface area contributed by atoms with Crippen LogP contribution in [0.15, 0.2) is 0 Å². The van der Waals surface area contributed by atoms with Gasteiger partial charge in [0.25, 0.3) is 0 Å². The van der Waals surface area contributed by atoms with Crippen molar-refractivity contribution in [2.45, 2.75) is 34.1 Å². The summed E-state index contributed by atoms with van der Waals surface area (Å²) in [6.45, 7) is 12.3. The molecule has 0 aromatic carbocycles. The van der Waals surface area contributed by atoms with E-state index in [4.69, 9.17) is 11.6 Å². The Balaban J connectivity index is 2.51. The summed E-state index contributed by atoms with van der Waals surface area (Å²) in [6, 6.07) is 0. The van der Waals surface area contributed by atoms with E-state index in [0.29, 0.717) is 11.0 Å². The Morgan fingerprint density at radius 2 is 1.78 bits per heavy atom. The Morgan fingerprint density at radius 1 is 1.11 bits per heavy atom. The van der Waals surface area contributed by atoms with Crippen LogP contribution in [0.1, 0.15) is 31.7 Å². The van der Waals surface area contributed by atoms with Crippen LogP contribution in [-0.4, -0.2) is 41.0 Å². The summed E-state index contributed by atoms with van der Waals surface area (Å²) in [5, 5.41) is 3.71. The van der Waals surface area contributed by atoms with Gasteiger partial charge in [-0.2, -0.15) is 0 Å². The second kappa shape index (κ2) is 7.54. The van der Waals surface area contributed by atoms with Crippen molar-refractivity contribution in [3.63, 3.8) is 0 Å². The molecule has 4 nitrogen and oxygen atoms in total. The van der Waals surface area contributed by atoms with Crippen LogP contribution in [0.3, 0.4) is 0 Å². The van der Waals surface area contributed by atoms with Gasteiger partial charge in [-0.1, -0.05) is 25.4 Å². The number of nitrogens with one attached hydrogen (secondary N) is 1. The molecular weight excluding hydrogens is 248 g/mol. The van der Waals surface area contributed by atoms with Gasteiger partial charge in [0.05, 0.1) is 11.4 Å². The first kappa shape index (κ1) is 15.2. The van der Waals surface area contributed by atoms with Crippen molar-refractivity contribution in [2.24, 2.45) is 0 Å². The summed E-state index contributed by atoms with van der Waals surface area (Å²) in [5.74, 6) is 0.687. The molecule has 1 aromatic rings. The molecule has 1 aromatic heterocycles. The number of halogens is 1. The fraction of sp³-hybridized carbons (Fsp3) is 0.692. The Kier molecular flexibility index (Phi) is 6.36. The molecule has 0 spiro atoms. The highest BCUT2D eigenvalue weighted by Crippen LogP contribution is 2.17. The van der Waals surface area contributed by atoms with Crippen molar-refractivity contribution in [3.05, 3.63) is 16.5 Å². The van der Waals surface area contributed by atoms with Crippen molar-refractivity contribution in [3.8, 4) is 0 Å². The van der Waals surface area contributed by atoms with Crippen LogP contribution >= 0.6 is 11.6 Å². The van der Waals surface area contributed by atoms with Crippen LogP contribution < -0.4 is 5.32 Å². The Hall–Kier alpha value is -0.870. The van der Waals surface area contributed by atoms with Crippen LogP contribution in [-0.2, 0) is 0 Å². The SMILES string of the molecule is CCCN(CC)CCNc1nc(C)c(C)nc1Cl. The molecule has 0 bridgehead atoms. The maximum atomic E-state index is 6.06. The predicted molar refractivity (Wildman–Crippen MR) is 77.4 cm³/mol. The molecular formula is C13H23ClN4. The van der Waals surface area contributed by atoms with Gasteiger partial charge in [-0.3, -0.25) is 0 Å². The number of nitrogens with zero attached hydrogens (tertiary/aromatic N) is 3. The molecule has 0 amide bonds. The quantitative estimate of drug-likeness (QED) is 0.827. The van der Waals surface area contributed by atoms with E-state index in [9.17, 15) is 0 Å². The van der Waals surface area contributed by atoms with E-state index >= 15 is 0 Å². The van der Waals surface area contributed by atoms with Crippen molar-refractivity contribution in [2.75, 3.05) is 31.5 Å². The third kappa shape index (κ3) is 4.42. The van der Waals surface area contributed by atoms with Gasteiger partial charge in [0.1, 0.15) is 0 Å². The molecule has 18 heavy (non-hydrogen) atoms. The molecule has 0 aliphatic rings. The maximum absolute atomic E-state index is 6.06.